The highest BCUT2D eigenvalue weighted by molar-refractivity contribution is 5.22. The molecule has 0 saturated heterocycles. The summed E-state index contributed by atoms with van der Waals surface area (Å²) in [4.78, 5) is 10.0. The molecule has 0 radical (unpaired) electrons. The average molecular weight is 169 g/mol. The van der Waals surface area contributed by atoms with Crippen LogP contribution in [-0.2, 0) is 0 Å². The van der Waals surface area contributed by atoms with Gasteiger partial charge in [0.15, 0.2) is 5.60 Å². The summed E-state index contributed by atoms with van der Waals surface area (Å²) in [5.74, 6) is 0. The molecule has 0 aliphatic heterocycles. The van der Waals surface area contributed by atoms with Gasteiger partial charge in [-0.2, -0.15) is 0 Å². The van der Waals surface area contributed by atoms with E-state index in [1.54, 1.807) is 19.1 Å². The second-order valence-corrected chi connectivity index (χ2v) is 2.82. The smallest absolute Gasteiger partial charge is 0.263 e. The minimum atomic E-state index is -1.31. The summed E-state index contributed by atoms with van der Waals surface area (Å²) in [7, 11) is 0. The van der Waals surface area contributed by atoms with Crippen molar-refractivity contribution >= 4 is 0 Å². The summed E-state index contributed by atoms with van der Waals surface area (Å²) >= 11 is 0. The summed E-state index contributed by atoms with van der Waals surface area (Å²) in [5, 5.41) is 20.2. The Hall–Kier alpha value is -1.16. The zero-order valence-corrected chi connectivity index (χ0v) is 6.80. The summed E-state index contributed by atoms with van der Waals surface area (Å²) in [5.41, 5.74) is -1.31. The SMILES string of the molecule is CCC1(O)C=CC=CC1[N+](=O)[O-]. The van der Waals surface area contributed by atoms with E-state index in [4.69, 9.17) is 0 Å². The molecule has 4 nitrogen and oxygen atoms in total. The predicted octanol–water partition coefficient (Wildman–Crippen LogP) is 0.899. The van der Waals surface area contributed by atoms with Crippen molar-refractivity contribution in [2.75, 3.05) is 0 Å². The van der Waals surface area contributed by atoms with E-state index in [-0.39, 0.29) is 0 Å². The predicted molar refractivity (Wildman–Crippen MR) is 44.3 cm³/mol. The number of nitrogens with zero attached hydrogens (tertiary/aromatic N) is 1. The molecule has 66 valence electrons. The fourth-order valence-electron chi connectivity index (χ4n) is 1.24. The number of rotatable bonds is 2. The summed E-state index contributed by atoms with van der Waals surface area (Å²) < 4.78 is 0. The van der Waals surface area contributed by atoms with E-state index < -0.39 is 16.6 Å². The quantitative estimate of drug-likeness (QED) is 0.493. The van der Waals surface area contributed by atoms with Crippen LogP contribution in [-0.4, -0.2) is 21.7 Å². The lowest BCUT2D eigenvalue weighted by atomic mass is 9.88. The van der Waals surface area contributed by atoms with Crippen LogP contribution in [0.25, 0.3) is 0 Å². The molecule has 1 rings (SSSR count). The highest BCUT2D eigenvalue weighted by atomic mass is 16.6. The van der Waals surface area contributed by atoms with Gasteiger partial charge in [0, 0.05) is 4.92 Å². The van der Waals surface area contributed by atoms with Crippen molar-refractivity contribution in [2.24, 2.45) is 0 Å². The van der Waals surface area contributed by atoms with Crippen LogP contribution in [0.15, 0.2) is 24.3 Å². The highest BCUT2D eigenvalue weighted by Gasteiger charge is 2.40. The number of allylic oxidation sites excluding steroid dienone is 2. The van der Waals surface area contributed by atoms with Gasteiger partial charge < -0.3 is 5.11 Å². The number of nitro groups is 1. The maximum Gasteiger partial charge on any atom is 0.263 e. The first kappa shape index (κ1) is 8.93. The van der Waals surface area contributed by atoms with E-state index in [0.717, 1.165) is 0 Å². The molecule has 0 amide bonds. The van der Waals surface area contributed by atoms with Crippen molar-refractivity contribution in [3.63, 3.8) is 0 Å². The van der Waals surface area contributed by atoms with Gasteiger partial charge in [-0.1, -0.05) is 19.1 Å². The molecule has 2 unspecified atom stereocenters. The lowest BCUT2D eigenvalue weighted by Crippen LogP contribution is -2.44. The van der Waals surface area contributed by atoms with Gasteiger partial charge in [0.25, 0.3) is 6.04 Å². The average Bonchev–Trinajstić information content (AvgIpc) is 2.05. The zero-order valence-electron chi connectivity index (χ0n) is 6.80. The Balaban J connectivity index is 2.92. The number of aliphatic hydroxyl groups is 1. The molecular weight excluding hydrogens is 158 g/mol. The molecule has 0 aromatic heterocycles. The summed E-state index contributed by atoms with van der Waals surface area (Å²) in [6, 6.07) is -1.01. The van der Waals surface area contributed by atoms with Crippen LogP contribution in [0.1, 0.15) is 13.3 Å². The minimum absolute atomic E-state index is 0.347. The van der Waals surface area contributed by atoms with Crippen LogP contribution in [0.3, 0.4) is 0 Å². The lowest BCUT2D eigenvalue weighted by molar-refractivity contribution is -0.528. The molecule has 0 fully saturated rings. The van der Waals surface area contributed by atoms with Crippen molar-refractivity contribution in [2.45, 2.75) is 25.0 Å². The third kappa shape index (κ3) is 1.38. The third-order valence-electron chi connectivity index (χ3n) is 2.10. The Morgan fingerprint density at radius 2 is 2.33 bits per heavy atom. The van der Waals surface area contributed by atoms with Gasteiger partial charge >= 0.3 is 0 Å². The van der Waals surface area contributed by atoms with E-state index in [9.17, 15) is 15.2 Å². The standard InChI is InChI=1S/C8H11NO3/c1-2-8(10)6-4-3-5-7(8)9(11)12/h3-7,10H,2H2,1H3. The van der Waals surface area contributed by atoms with Gasteiger partial charge in [-0.25, -0.2) is 0 Å². The van der Waals surface area contributed by atoms with Crippen LogP contribution in [0.5, 0.6) is 0 Å². The molecular formula is C8H11NO3. The normalized spacial score (nSPS) is 33.7. The molecule has 1 N–H and O–H groups in total. The van der Waals surface area contributed by atoms with Crippen molar-refractivity contribution in [3.8, 4) is 0 Å². The zero-order chi connectivity index (χ0) is 9.19. The molecule has 1 aliphatic rings. The molecule has 1 aliphatic carbocycles. The van der Waals surface area contributed by atoms with Crippen molar-refractivity contribution in [1.82, 2.24) is 0 Å². The fraction of sp³-hybridized carbons (Fsp3) is 0.500. The van der Waals surface area contributed by atoms with Gasteiger partial charge in [-0.15, -0.1) is 0 Å². The topological polar surface area (TPSA) is 63.4 Å². The fourth-order valence-corrected chi connectivity index (χ4v) is 1.24. The first-order chi connectivity index (χ1) is 5.60. The highest BCUT2D eigenvalue weighted by Crippen LogP contribution is 2.23. The molecule has 0 heterocycles. The van der Waals surface area contributed by atoms with Crippen LogP contribution in [0, 0.1) is 10.1 Å². The molecule has 0 saturated carbocycles. The van der Waals surface area contributed by atoms with Crippen molar-refractivity contribution in [1.29, 1.82) is 0 Å². The molecule has 2 atom stereocenters. The summed E-state index contributed by atoms with van der Waals surface area (Å²) in [6.45, 7) is 1.72. The summed E-state index contributed by atoms with van der Waals surface area (Å²) in [6.07, 6.45) is 6.44. The van der Waals surface area contributed by atoms with Crippen molar-refractivity contribution in [3.05, 3.63) is 34.4 Å². The first-order valence-corrected chi connectivity index (χ1v) is 3.82. The molecule has 0 aromatic carbocycles. The minimum Gasteiger partial charge on any atom is -0.378 e. The maximum absolute atomic E-state index is 10.5. The van der Waals surface area contributed by atoms with Gasteiger partial charge in [0.2, 0.25) is 0 Å². The molecule has 0 bridgehead atoms. The Labute approximate surface area is 70.4 Å². The largest absolute Gasteiger partial charge is 0.378 e. The first-order valence-electron chi connectivity index (χ1n) is 3.82. The number of hydrogen-bond donors (Lipinski definition) is 1. The van der Waals surface area contributed by atoms with Crippen LogP contribution in [0.4, 0.5) is 0 Å². The Morgan fingerprint density at radius 3 is 2.75 bits per heavy atom. The van der Waals surface area contributed by atoms with Crippen LogP contribution >= 0.6 is 0 Å². The van der Waals surface area contributed by atoms with E-state index >= 15 is 0 Å². The van der Waals surface area contributed by atoms with Gasteiger partial charge in [-0.3, -0.25) is 10.1 Å². The molecule has 0 aromatic rings. The monoisotopic (exact) mass is 169 g/mol. The molecule has 12 heavy (non-hydrogen) atoms. The van der Waals surface area contributed by atoms with E-state index in [1.807, 2.05) is 0 Å². The van der Waals surface area contributed by atoms with Crippen LogP contribution < -0.4 is 0 Å². The van der Waals surface area contributed by atoms with Gasteiger partial charge in [-0.05, 0) is 18.6 Å². The Morgan fingerprint density at radius 1 is 1.67 bits per heavy atom. The maximum atomic E-state index is 10.5. The van der Waals surface area contributed by atoms with Gasteiger partial charge in [0.05, 0.1) is 0 Å². The number of hydrogen-bond acceptors (Lipinski definition) is 3. The Kier molecular flexibility index (Phi) is 2.28. The van der Waals surface area contributed by atoms with Crippen LogP contribution in [0.2, 0.25) is 0 Å². The van der Waals surface area contributed by atoms with Crippen molar-refractivity contribution < 1.29 is 10.0 Å². The third-order valence-corrected chi connectivity index (χ3v) is 2.10. The van der Waals surface area contributed by atoms with E-state index in [1.165, 1.54) is 12.2 Å². The Bertz CT molecular complexity index is 247. The lowest BCUT2D eigenvalue weighted by Gasteiger charge is -2.25. The second kappa shape index (κ2) is 3.06. The second-order valence-electron chi connectivity index (χ2n) is 2.82. The molecule has 0 spiro atoms. The van der Waals surface area contributed by atoms with Gasteiger partial charge in [0.1, 0.15) is 0 Å². The van der Waals surface area contributed by atoms with E-state index in [2.05, 4.69) is 0 Å². The van der Waals surface area contributed by atoms with E-state index in [0.29, 0.717) is 6.42 Å². The molecule has 4 heteroatoms.